The first-order chi connectivity index (χ1) is 4.79. The SMILES string of the molecule is OC1C(F)CC2CONC21. The molecule has 0 spiro atoms. The highest BCUT2D eigenvalue weighted by molar-refractivity contribution is 4.96. The van der Waals surface area contributed by atoms with Crippen LogP contribution in [0.25, 0.3) is 0 Å². The number of rotatable bonds is 0. The van der Waals surface area contributed by atoms with Crippen molar-refractivity contribution in [2.75, 3.05) is 6.61 Å². The van der Waals surface area contributed by atoms with E-state index in [9.17, 15) is 4.39 Å². The van der Waals surface area contributed by atoms with Crippen LogP contribution in [0, 0.1) is 5.92 Å². The molecule has 1 saturated carbocycles. The van der Waals surface area contributed by atoms with Gasteiger partial charge in [0, 0.05) is 5.92 Å². The minimum absolute atomic E-state index is 0.171. The van der Waals surface area contributed by atoms with E-state index in [4.69, 9.17) is 9.94 Å². The van der Waals surface area contributed by atoms with Crippen LogP contribution in [0.2, 0.25) is 0 Å². The van der Waals surface area contributed by atoms with E-state index < -0.39 is 12.3 Å². The molecular weight excluding hydrogens is 137 g/mol. The molecule has 1 heterocycles. The normalized spacial score (nSPS) is 53.4. The Kier molecular flexibility index (Phi) is 1.40. The molecule has 4 atom stereocenters. The van der Waals surface area contributed by atoms with Crippen LogP contribution in [0.5, 0.6) is 0 Å². The van der Waals surface area contributed by atoms with Gasteiger partial charge in [-0.25, -0.2) is 4.39 Å². The quantitative estimate of drug-likeness (QED) is 0.490. The average Bonchev–Trinajstić information content (AvgIpc) is 2.41. The first kappa shape index (κ1) is 6.52. The summed E-state index contributed by atoms with van der Waals surface area (Å²) in [5, 5.41) is 9.15. The molecule has 1 saturated heterocycles. The van der Waals surface area contributed by atoms with E-state index in [1.54, 1.807) is 0 Å². The fraction of sp³-hybridized carbons (Fsp3) is 1.00. The van der Waals surface area contributed by atoms with E-state index in [-0.39, 0.29) is 12.0 Å². The lowest BCUT2D eigenvalue weighted by atomic mass is 10.1. The first-order valence-corrected chi connectivity index (χ1v) is 3.48. The van der Waals surface area contributed by atoms with Crippen molar-refractivity contribution in [2.45, 2.75) is 24.7 Å². The first-order valence-electron chi connectivity index (χ1n) is 3.48. The Bertz CT molecular complexity index is 142. The third kappa shape index (κ3) is 0.761. The fourth-order valence-corrected chi connectivity index (χ4v) is 1.67. The van der Waals surface area contributed by atoms with Crippen LogP contribution in [0.15, 0.2) is 0 Å². The predicted octanol–water partition coefficient (Wildman–Crippen LogP) is -0.391. The van der Waals surface area contributed by atoms with Gasteiger partial charge >= 0.3 is 0 Å². The fourth-order valence-electron chi connectivity index (χ4n) is 1.67. The van der Waals surface area contributed by atoms with Crippen LogP contribution in [0.3, 0.4) is 0 Å². The number of aliphatic hydroxyl groups excluding tert-OH is 1. The number of fused-ring (bicyclic) bond motifs is 1. The summed E-state index contributed by atoms with van der Waals surface area (Å²) in [5.74, 6) is 0.171. The van der Waals surface area contributed by atoms with E-state index in [0.29, 0.717) is 13.0 Å². The highest BCUT2D eigenvalue weighted by Gasteiger charge is 2.46. The molecule has 2 rings (SSSR count). The van der Waals surface area contributed by atoms with Crippen molar-refractivity contribution >= 4 is 0 Å². The highest BCUT2D eigenvalue weighted by atomic mass is 19.1. The molecule has 0 amide bonds. The third-order valence-electron chi connectivity index (χ3n) is 2.29. The summed E-state index contributed by atoms with van der Waals surface area (Å²) in [4.78, 5) is 4.85. The standard InChI is InChI=1S/C6H10FNO2/c7-4-1-3-2-10-8-5(3)6(4)9/h3-6,8-9H,1-2H2. The summed E-state index contributed by atoms with van der Waals surface area (Å²) in [7, 11) is 0. The number of nitrogens with one attached hydrogen (secondary N) is 1. The predicted molar refractivity (Wildman–Crippen MR) is 31.9 cm³/mol. The van der Waals surface area contributed by atoms with Crippen molar-refractivity contribution in [1.82, 2.24) is 5.48 Å². The van der Waals surface area contributed by atoms with Crippen LogP contribution < -0.4 is 5.48 Å². The number of hydrogen-bond acceptors (Lipinski definition) is 3. The van der Waals surface area contributed by atoms with Gasteiger partial charge in [0.15, 0.2) is 0 Å². The third-order valence-corrected chi connectivity index (χ3v) is 2.29. The number of aliphatic hydroxyl groups is 1. The molecule has 0 radical (unpaired) electrons. The second-order valence-electron chi connectivity index (χ2n) is 2.96. The zero-order valence-corrected chi connectivity index (χ0v) is 5.46. The number of halogens is 1. The number of hydroxylamine groups is 1. The molecule has 2 aliphatic rings. The summed E-state index contributed by atoms with van der Waals surface area (Å²) in [6.07, 6.45) is -1.50. The largest absolute Gasteiger partial charge is 0.388 e. The Morgan fingerprint density at radius 1 is 1.60 bits per heavy atom. The minimum atomic E-state index is -1.06. The molecule has 1 aliphatic heterocycles. The van der Waals surface area contributed by atoms with E-state index in [2.05, 4.69) is 5.48 Å². The number of alkyl halides is 1. The molecule has 2 fully saturated rings. The maximum absolute atomic E-state index is 12.7. The Hall–Kier alpha value is -0.190. The molecule has 0 aromatic heterocycles. The Balaban J connectivity index is 2.09. The molecule has 0 aromatic carbocycles. The second-order valence-corrected chi connectivity index (χ2v) is 2.96. The molecule has 58 valence electrons. The molecule has 10 heavy (non-hydrogen) atoms. The van der Waals surface area contributed by atoms with E-state index in [1.165, 1.54) is 0 Å². The van der Waals surface area contributed by atoms with Gasteiger partial charge in [0.1, 0.15) is 12.3 Å². The molecular formula is C6H10FNO2. The number of hydrogen-bond donors (Lipinski definition) is 2. The lowest BCUT2D eigenvalue weighted by Gasteiger charge is -2.11. The molecule has 2 N–H and O–H groups in total. The van der Waals surface area contributed by atoms with Crippen molar-refractivity contribution < 1.29 is 14.3 Å². The van der Waals surface area contributed by atoms with Gasteiger partial charge in [-0.3, -0.25) is 0 Å². The molecule has 1 aliphatic carbocycles. The van der Waals surface area contributed by atoms with Gasteiger partial charge in [0.05, 0.1) is 12.6 Å². The zero-order valence-electron chi connectivity index (χ0n) is 5.46. The van der Waals surface area contributed by atoms with Gasteiger partial charge in [-0.2, -0.15) is 5.48 Å². The Morgan fingerprint density at radius 3 is 3.10 bits per heavy atom. The maximum Gasteiger partial charge on any atom is 0.128 e. The van der Waals surface area contributed by atoms with Gasteiger partial charge < -0.3 is 9.94 Å². The lowest BCUT2D eigenvalue weighted by molar-refractivity contribution is 0.0190. The minimum Gasteiger partial charge on any atom is -0.388 e. The molecule has 3 nitrogen and oxygen atoms in total. The van der Waals surface area contributed by atoms with Gasteiger partial charge in [0.25, 0.3) is 0 Å². The van der Waals surface area contributed by atoms with Crippen LogP contribution in [0.1, 0.15) is 6.42 Å². The summed E-state index contributed by atoms with van der Waals surface area (Å²) >= 11 is 0. The van der Waals surface area contributed by atoms with Crippen molar-refractivity contribution in [1.29, 1.82) is 0 Å². The molecule has 0 bridgehead atoms. The van der Waals surface area contributed by atoms with Gasteiger partial charge in [0.2, 0.25) is 0 Å². The highest BCUT2D eigenvalue weighted by Crippen LogP contribution is 2.31. The Labute approximate surface area is 58.1 Å². The van der Waals surface area contributed by atoms with E-state index in [1.807, 2.05) is 0 Å². The average molecular weight is 147 g/mol. The van der Waals surface area contributed by atoms with Crippen molar-refractivity contribution in [2.24, 2.45) is 5.92 Å². The van der Waals surface area contributed by atoms with Crippen molar-refractivity contribution in [3.63, 3.8) is 0 Å². The van der Waals surface area contributed by atoms with Crippen LogP contribution in [0.4, 0.5) is 4.39 Å². The zero-order chi connectivity index (χ0) is 7.14. The Morgan fingerprint density at radius 2 is 2.40 bits per heavy atom. The molecule has 4 unspecified atom stereocenters. The summed E-state index contributed by atoms with van der Waals surface area (Å²) in [6.45, 7) is 0.530. The maximum atomic E-state index is 12.7. The smallest absolute Gasteiger partial charge is 0.128 e. The summed E-state index contributed by atoms with van der Waals surface area (Å²) in [5.41, 5.74) is 2.61. The monoisotopic (exact) mass is 147 g/mol. The lowest BCUT2D eigenvalue weighted by Crippen LogP contribution is -2.36. The summed E-state index contributed by atoms with van der Waals surface area (Å²) < 4.78 is 12.7. The summed E-state index contributed by atoms with van der Waals surface area (Å²) in [6, 6.07) is -0.171. The van der Waals surface area contributed by atoms with Gasteiger partial charge in [-0.1, -0.05) is 0 Å². The topological polar surface area (TPSA) is 41.5 Å². The van der Waals surface area contributed by atoms with Crippen molar-refractivity contribution in [3.05, 3.63) is 0 Å². The van der Waals surface area contributed by atoms with Crippen LogP contribution in [-0.4, -0.2) is 30.0 Å². The second kappa shape index (κ2) is 2.15. The van der Waals surface area contributed by atoms with Gasteiger partial charge in [-0.05, 0) is 6.42 Å². The van der Waals surface area contributed by atoms with Crippen LogP contribution >= 0.6 is 0 Å². The van der Waals surface area contributed by atoms with Crippen LogP contribution in [-0.2, 0) is 4.84 Å². The molecule has 4 heteroatoms. The molecule has 0 aromatic rings. The van der Waals surface area contributed by atoms with E-state index in [0.717, 1.165) is 0 Å². The van der Waals surface area contributed by atoms with E-state index >= 15 is 0 Å². The van der Waals surface area contributed by atoms with Crippen molar-refractivity contribution in [3.8, 4) is 0 Å². The van der Waals surface area contributed by atoms with Gasteiger partial charge in [-0.15, -0.1) is 0 Å².